The van der Waals surface area contributed by atoms with Crippen molar-refractivity contribution in [3.8, 4) is 0 Å². The van der Waals surface area contributed by atoms with Crippen LogP contribution in [0.4, 0.5) is 5.69 Å². The number of imidazole rings is 1. The van der Waals surface area contributed by atoms with Gasteiger partial charge in [-0.2, -0.15) is 0 Å². The summed E-state index contributed by atoms with van der Waals surface area (Å²) in [6.07, 6.45) is 0. The maximum absolute atomic E-state index is 10.6. The molecule has 24 heavy (non-hydrogen) atoms. The Morgan fingerprint density at radius 2 is 1.71 bits per heavy atom. The van der Waals surface area contributed by atoms with Gasteiger partial charge in [0.1, 0.15) is 17.2 Å². The molecule has 120 valence electrons. The molecule has 2 heterocycles. The lowest BCUT2D eigenvalue weighted by atomic mass is 10.2. The number of benzene rings is 2. The van der Waals surface area contributed by atoms with Crippen molar-refractivity contribution < 1.29 is 9.67 Å². The molecule has 0 aliphatic carbocycles. The number of aryl methyl sites for hydroxylation is 2. The Balaban J connectivity index is 1.86. The number of aliphatic hydroxyl groups is 1. The Morgan fingerprint density at radius 1 is 1.04 bits per heavy atom. The van der Waals surface area contributed by atoms with Crippen molar-refractivity contribution in [1.82, 2.24) is 4.57 Å². The highest BCUT2D eigenvalue weighted by molar-refractivity contribution is 6.30. The molecule has 0 unspecified atom stereocenters. The van der Waals surface area contributed by atoms with Crippen LogP contribution in [0.15, 0.2) is 60.4 Å². The molecule has 2 N–H and O–H groups in total. The van der Waals surface area contributed by atoms with Gasteiger partial charge in [-0.15, -0.1) is 0 Å². The second-order valence-corrected chi connectivity index (χ2v) is 6.02. The van der Waals surface area contributed by atoms with E-state index >= 15 is 0 Å². The zero-order valence-electron chi connectivity index (χ0n) is 13.7. The van der Waals surface area contributed by atoms with E-state index in [0.29, 0.717) is 18.0 Å². The standard InChI is InChI=1S/C19H18N4O/c1-21-14-10-6-7-11-15(14)22(2)19(21)17-16(24)12-23(18(17)20)13-8-4-3-5-9-13/h3-11,20H,12H2,1-2H3/p+1. The van der Waals surface area contributed by atoms with Gasteiger partial charge in [0, 0.05) is 5.69 Å². The van der Waals surface area contributed by atoms with Gasteiger partial charge in [-0.3, -0.25) is 5.41 Å². The number of amidine groups is 1. The fraction of sp³-hybridized carbons (Fsp3) is 0.158. The summed E-state index contributed by atoms with van der Waals surface area (Å²) in [6.45, 7) is 0.319. The third kappa shape index (κ3) is 1.94. The number of nitrogens with zero attached hydrogens (tertiary/aromatic N) is 3. The van der Waals surface area contributed by atoms with Gasteiger partial charge in [0.15, 0.2) is 11.0 Å². The highest BCUT2D eigenvalue weighted by atomic mass is 16.3. The molecule has 1 aromatic heterocycles. The molecular formula is C19H19N4O+. The lowest BCUT2D eigenvalue weighted by Gasteiger charge is -2.18. The van der Waals surface area contributed by atoms with E-state index in [9.17, 15) is 5.11 Å². The van der Waals surface area contributed by atoms with Crippen molar-refractivity contribution in [1.29, 1.82) is 5.41 Å². The van der Waals surface area contributed by atoms with Gasteiger partial charge < -0.3 is 10.0 Å². The number of aliphatic hydroxyl groups excluding tert-OH is 1. The number of hydrogen-bond donors (Lipinski definition) is 2. The number of anilines is 1. The van der Waals surface area contributed by atoms with Crippen molar-refractivity contribution in [3.05, 3.63) is 66.2 Å². The Kier molecular flexibility index (Phi) is 3.16. The minimum absolute atomic E-state index is 0.227. The average Bonchev–Trinajstić information content (AvgIpc) is 3.03. The van der Waals surface area contributed by atoms with E-state index < -0.39 is 0 Å². The summed E-state index contributed by atoms with van der Waals surface area (Å²) in [5, 5.41) is 19.2. The van der Waals surface area contributed by atoms with Crippen molar-refractivity contribution in [2.45, 2.75) is 0 Å². The Morgan fingerprint density at radius 3 is 2.42 bits per heavy atom. The van der Waals surface area contributed by atoms with Crippen LogP contribution in [0.5, 0.6) is 0 Å². The fourth-order valence-corrected chi connectivity index (χ4v) is 3.46. The summed E-state index contributed by atoms with van der Waals surface area (Å²) in [5.41, 5.74) is 3.63. The lowest BCUT2D eigenvalue weighted by molar-refractivity contribution is -0.648. The third-order valence-electron chi connectivity index (χ3n) is 4.63. The molecule has 2 aromatic carbocycles. The molecule has 0 saturated heterocycles. The summed E-state index contributed by atoms with van der Waals surface area (Å²) in [4.78, 5) is 1.82. The smallest absolute Gasteiger partial charge is 0.296 e. The monoisotopic (exact) mass is 319 g/mol. The van der Waals surface area contributed by atoms with Crippen molar-refractivity contribution in [2.75, 3.05) is 11.4 Å². The summed E-state index contributed by atoms with van der Waals surface area (Å²) in [6, 6.07) is 17.8. The molecule has 0 bridgehead atoms. The van der Waals surface area contributed by atoms with Crippen LogP contribution in [0.3, 0.4) is 0 Å². The van der Waals surface area contributed by atoms with E-state index in [0.717, 1.165) is 22.5 Å². The average molecular weight is 319 g/mol. The SMILES string of the molecule is Cn1c(C2=C(O)CN(c3ccccc3)C2=N)[n+](C)c2ccccc21. The van der Waals surface area contributed by atoms with Crippen molar-refractivity contribution in [3.63, 3.8) is 0 Å². The first-order valence-electron chi connectivity index (χ1n) is 7.87. The second kappa shape index (κ2) is 5.23. The van der Waals surface area contributed by atoms with E-state index in [-0.39, 0.29) is 5.76 Å². The molecule has 0 spiro atoms. The molecule has 0 fully saturated rings. The predicted molar refractivity (Wildman–Crippen MR) is 95.2 cm³/mol. The highest BCUT2D eigenvalue weighted by Gasteiger charge is 2.37. The van der Waals surface area contributed by atoms with E-state index in [1.807, 2.05) is 82.7 Å². The first-order chi connectivity index (χ1) is 11.6. The first-order valence-corrected chi connectivity index (χ1v) is 7.87. The number of para-hydroxylation sites is 3. The fourth-order valence-electron chi connectivity index (χ4n) is 3.46. The summed E-state index contributed by atoms with van der Waals surface area (Å²) in [7, 11) is 3.94. The molecule has 0 amide bonds. The van der Waals surface area contributed by atoms with Crippen LogP contribution in [-0.2, 0) is 14.1 Å². The molecule has 0 saturated carbocycles. The van der Waals surface area contributed by atoms with E-state index in [4.69, 9.17) is 5.41 Å². The minimum atomic E-state index is 0.227. The molecular weight excluding hydrogens is 300 g/mol. The quantitative estimate of drug-likeness (QED) is 0.714. The Labute approximate surface area is 140 Å². The number of hydrogen-bond acceptors (Lipinski definition) is 2. The molecule has 0 radical (unpaired) electrons. The molecule has 1 aliphatic heterocycles. The van der Waals surface area contributed by atoms with Gasteiger partial charge in [-0.1, -0.05) is 30.3 Å². The van der Waals surface area contributed by atoms with E-state index in [1.165, 1.54) is 0 Å². The Bertz CT molecular complexity index is 946. The van der Waals surface area contributed by atoms with Crippen LogP contribution >= 0.6 is 0 Å². The molecule has 0 atom stereocenters. The maximum atomic E-state index is 10.6. The second-order valence-electron chi connectivity index (χ2n) is 6.02. The van der Waals surface area contributed by atoms with Gasteiger partial charge in [0.25, 0.3) is 5.82 Å². The topological polar surface area (TPSA) is 56.1 Å². The predicted octanol–water partition coefficient (Wildman–Crippen LogP) is 2.77. The summed E-state index contributed by atoms with van der Waals surface area (Å²) in [5.74, 6) is 1.38. The van der Waals surface area contributed by atoms with Crippen LogP contribution in [0.2, 0.25) is 0 Å². The zero-order chi connectivity index (χ0) is 16.8. The van der Waals surface area contributed by atoms with E-state index in [1.54, 1.807) is 0 Å². The molecule has 3 aromatic rings. The van der Waals surface area contributed by atoms with Crippen LogP contribution in [-0.4, -0.2) is 22.1 Å². The number of nitrogens with one attached hydrogen (secondary N) is 1. The number of fused-ring (bicyclic) bond motifs is 1. The summed E-state index contributed by atoms with van der Waals surface area (Å²) < 4.78 is 4.06. The zero-order valence-corrected chi connectivity index (χ0v) is 13.7. The lowest BCUT2D eigenvalue weighted by Crippen LogP contribution is -2.35. The van der Waals surface area contributed by atoms with Gasteiger partial charge in [0.2, 0.25) is 0 Å². The van der Waals surface area contributed by atoms with Crippen LogP contribution in [0.1, 0.15) is 5.82 Å². The summed E-state index contributed by atoms with van der Waals surface area (Å²) >= 11 is 0. The maximum Gasteiger partial charge on any atom is 0.296 e. The van der Waals surface area contributed by atoms with Crippen LogP contribution in [0.25, 0.3) is 16.6 Å². The normalized spacial score (nSPS) is 14.9. The minimum Gasteiger partial charge on any atom is -0.509 e. The Hall–Kier alpha value is -3.08. The van der Waals surface area contributed by atoms with Gasteiger partial charge in [0.05, 0.1) is 20.6 Å². The molecule has 5 heteroatoms. The van der Waals surface area contributed by atoms with E-state index in [2.05, 4.69) is 0 Å². The van der Waals surface area contributed by atoms with Crippen molar-refractivity contribution in [2.24, 2.45) is 14.1 Å². The van der Waals surface area contributed by atoms with Gasteiger partial charge in [-0.05, 0) is 24.3 Å². The van der Waals surface area contributed by atoms with Gasteiger partial charge in [-0.25, -0.2) is 9.13 Å². The third-order valence-corrected chi connectivity index (χ3v) is 4.63. The highest BCUT2D eigenvalue weighted by Crippen LogP contribution is 2.30. The van der Waals surface area contributed by atoms with Gasteiger partial charge >= 0.3 is 0 Å². The largest absolute Gasteiger partial charge is 0.509 e. The molecule has 4 rings (SSSR count). The van der Waals surface area contributed by atoms with Crippen LogP contribution < -0.4 is 9.47 Å². The molecule has 5 nitrogen and oxygen atoms in total. The first kappa shape index (κ1) is 14.5. The molecule has 1 aliphatic rings. The number of aromatic nitrogens is 2. The number of rotatable bonds is 2. The van der Waals surface area contributed by atoms with Crippen molar-refractivity contribution >= 4 is 28.1 Å². The van der Waals surface area contributed by atoms with Crippen LogP contribution in [0, 0.1) is 5.41 Å².